The third kappa shape index (κ3) is 3.39. The molecule has 3 aromatic rings. The largest absolute Gasteiger partial charge is 0.326 e. The van der Waals surface area contributed by atoms with Crippen LogP contribution in [0.25, 0.3) is 5.69 Å². The van der Waals surface area contributed by atoms with Crippen LogP contribution in [0.5, 0.6) is 0 Å². The van der Waals surface area contributed by atoms with Crippen LogP contribution in [-0.4, -0.2) is 38.6 Å². The van der Waals surface area contributed by atoms with E-state index in [4.69, 9.17) is 0 Å². The molecule has 0 saturated carbocycles. The number of tetrazole rings is 1. The molecule has 27 heavy (non-hydrogen) atoms. The number of rotatable bonds is 4. The summed E-state index contributed by atoms with van der Waals surface area (Å²) < 4.78 is 15.4. The van der Waals surface area contributed by atoms with Crippen LogP contribution in [0.15, 0.2) is 54.9 Å². The summed E-state index contributed by atoms with van der Waals surface area (Å²) in [4.78, 5) is 26.1. The molecule has 4 rings (SSSR count). The summed E-state index contributed by atoms with van der Waals surface area (Å²) >= 11 is 0. The maximum Gasteiger partial charge on any atom is 0.229 e. The van der Waals surface area contributed by atoms with E-state index in [0.717, 1.165) is 5.69 Å². The van der Waals surface area contributed by atoms with E-state index >= 15 is 0 Å². The highest BCUT2D eigenvalue weighted by molar-refractivity contribution is 6.03. The SMILES string of the molecule is O=C(Nc1ccc(-n2cnnn2)cc1)[C@@H]1CC(=O)N(c2ccccc2F)C1. The first-order valence-corrected chi connectivity index (χ1v) is 8.31. The fraction of sp³-hybridized carbons (Fsp3) is 0.167. The molecule has 1 aromatic heterocycles. The van der Waals surface area contributed by atoms with Gasteiger partial charge in [0.15, 0.2) is 0 Å². The lowest BCUT2D eigenvalue weighted by Gasteiger charge is -2.17. The zero-order valence-corrected chi connectivity index (χ0v) is 14.1. The number of carbonyl (C=O) groups is 2. The number of hydrogen-bond donors (Lipinski definition) is 1. The molecule has 2 heterocycles. The molecule has 1 aliphatic rings. The summed E-state index contributed by atoms with van der Waals surface area (Å²) in [6.45, 7) is 0.147. The maximum absolute atomic E-state index is 13.9. The average molecular weight is 366 g/mol. The predicted octanol–water partition coefficient (Wildman–Crippen LogP) is 1.79. The van der Waals surface area contributed by atoms with E-state index in [-0.39, 0.29) is 30.5 Å². The summed E-state index contributed by atoms with van der Waals surface area (Å²) in [5.74, 6) is -1.58. The average Bonchev–Trinajstić information content (AvgIpc) is 3.33. The van der Waals surface area contributed by atoms with E-state index in [0.29, 0.717) is 5.69 Å². The molecule has 9 heteroatoms. The third-order valence-corrected chi connectivity index (χ3v) is 4.39. The first-order chi connectivity index (χ1) is 13.1. The molecule has 0 radical (unpaired) electrons. The van der Waals surface area contributed by atoms with Crippen molar-refractivity contribution >= 4 is 23.2 Å². The molecule has 0 spiro atoms. The number of aromatic nitrogens is 4. The molecule has 1 aliphatic heterocycles. The Hall–Kier alpha value is -3.62. The first-order valence-electron chi connectivity index (χ1n) is 8.31. The lowest BCUT2D eigenvalue weighted by Crippen LogP contribution is -2.28. The van der Waals surface area contributed by atoms with Gasteiger partial charge in [-0.3, -0.25) is 9.59 Å². The molecular weight excluding hydrogens is 351 g/mol. The third-order valence-electron chi connectivity index (χ3n) is 4.39. The van der Waals surface area contributed by atoms with Gasteiger partial charge in [-0.2, -0.15) is 0 Å². The van der Waals surface area contributed by atoms with Crippen LogP contribution in [0.1, 0.15) is 6.42 Å². The quantitative estimate of drug-likeness (QED) is 0.760. The zero-order chi connectivity index (χ0) is 18.8. The van der Waals surface area contributed by atoms with Crippen molar-refractivity contribution in [2.75, 3.05) is 16.8 Å². The predicted molar refractivity (Wildman–Crippen MR) is 94.6 cm³/mol. The van der Waals surface area contributed by atoms with E-state index < -0.39 is 11.7 Å². The van der Waals surface area contributed by atoms with Gasteiger partial charge in [0.2, 0.25) is 11.8 Å². The van der Waals surface area contributed by atoms with Crippen LogP contribution in [-0.2, 0) is 9.59 Å². The number of amides is 2. The molecule has 1 fully saturated rings. The summed E-state index contributed by atoms with van der Waals surface area (Å²) in [5, 5.41) is 13.7. The monoisotopic (exact) mass is 366 g/mol. The lowest BCUT2D eigenvalue weighted by atomic mass is 10.1. The highest BCUT2D eigenvalue weighted by atomic mass is 19.1. The van der Waals surface area contributed by atoms with Gasteiger partial charge >= 0.3 is 0 Å². The topological polar surface area (TPSA) is 93.0 Å². The molecule has 0 bridgehead atoms. The van der Waals surface area contributed by atoms with Crippen LogP contribution < -0.4 is 10.2 Å². The molecule has 2 amide bonds. The van der Waals surface area contributed by atoms with Crippen LogP contribution in [0.4, 0.5) is 15.8 Å². The Kier molecular flexibility index (Phi) is 4.33. The maximum atomic E-state index is 13.9. The second-order valence-electron chi connectivity index (χ2n) is 6.15. The van der Waals surface area contributed by atoms with Gasteiger partial charge in [0.1, 0.15) is 12.1 Å². The lowest BCUT2D eigenvalue weighted by molar-refractivity contribution is -0.122. The summed E-state index contributed by atoms with van der Waals surface area (Å²) in [6.07, 6.45) is 1.51. The summed E-state index contributed by atoms with van der Waals surface area (Å²) in [6, 6.07) is 13.0. The van der Waals surface area contributed by atoms with Crippen molar-refractivity contribution in [3.05, 3.63) is 60.7 Å². The molecule has 0 unspecified atom stereocenters. The second kappa shape index (κ2) is 6.94. The Bertz CT molecular complexity index is 974. The van der Waals surface area contributed by atoms with Crippen molar-refractivity contribution in [1.29, 1.82) is 0 Å². The van der Waals surface area contributed by atoms with Crippen molar-refractivity contribution < 1.29 is 14.0 Å². The summed E-state index contributed by atoms with van der Waals surface area (Å²) in [7, 11) is 0. The number of carbonyl (C=O) groups excluding carboxylic acids is 2. The van der Waals surface area contributed by atoms with Crippen molar-refractivity contribution in [2.45, 2.75) is 6.42 Å². The van der Waals surface area contributed by atoms with E-state index in [1.165, 1.54) is 28.0 Å². The number of halogens is 1. The number of nitrogens with one attached hydrogen (secondary N) is 1. The Balaban J connectivity index is 1.43. The minimum absolute atomic E-state index is 0.0445. The first kappa shape index (κ1) is 16.8. The smallest absolute Gasteiger partial charge is 0.229 e. The molecule has 1 saturated heterocycles. The van der Waals surface area contributed by atoms with Crippen LogP contribution in [0.2, 0.25) is 0 Å². The Morgan fingerprint density at radius 2 is 1.93 bits per heavy atom. The van der Waals surface area contributed by atoms with Gasteiger partial charge in [-0.1, -0.05) is 12.1 Å². The van der Waals surface area contributed by atoms with E-state index in [1.54, 1.807) is 36.4 Å². The number of nitrogens with zero attached hydrogens (tertiary/aromatic N) is 5. The van der Waals surface area contributed by atoms with Crippen LogP contribution >= 0.6 is 0 Å². The molecule has 0 aliphatic carbocycles. The van der Waals surface area contributed by atoms with Crippen LogP contribution in [0.3, 0.4) is 0 Å². The van der Waals surface area contributed by atoms with Crippen molar-refractivity contribution in [1.82, 2.24) is 20.2 Å². The van der Waals surface area contributed by atoms with Crippen molar-refractivity contribution in [3.63, 3.8) is 0 Å². The Morgan fingerprint density at radius 3 is 2.63 bits per heavy atom. The van der Waals surface area contributed by atoms with Gasteiger partial charge in [-0.05, 0) is 46.8 Å². The van der Waals surface area contributed by atoms with E-state index in [2.05, 4.69) is 20.8 Å². The minimum Gasteiger partial charge on any atom is -0.326 e. The number of para-hydroxylation sites is 1. The fourth-order valence-corrected chi connectivity index (χ4v) is 3.01. The molecular formula is C18H15FN6O2. The molecule has 2 aromatic carbocycles. The molecule has 136 valence electrons. The van der Waals surface area contributed by atoms with Gasteiger partial charge in [0.05, 0.1) is 17.3 Å². The minimum atomic E-state index is -0.545. The van der Waals surface area contributed by atoms with Gasteiger partial charge in [0, 0.05) is 18.7 Å². The van der Waals surface area contributed by atoms with E-state index in [1.807, 2.05) is 0 Å². The van der Waals surface area contributed by atoms with Gasteiger partial charge in [-0.15, -0.1) is 5.10 Å². The number of anilines is 2. The number of hydrogen-bond acceptors (Lipinski definition) is 5. The highest BCUT2D eigenvalue weighted by Gasteiger charge is 2.36. The van der Waals surface area contributed by atoms with Gasteiger partial charge in [0.25, 0.3) is 0 Å². The molecule has 1 atom stereocenters. The van der Waals surface area contributed by atoms with Crippen LogP contribution in [0, 0.1) is 11.7 Å². The fourth-order valence-electron chi connectivity index (χ4n) is 3.01. The molecule has 8 nitrogen and oxygen atoms in total. The standard InChI is InChI=1S/C18H15FN6O2/c19-15-3-1-2-4-16(15)24-10-12(9-17(24)26)18(27)21-13-5-7-14(8-6-13)25-11-20-22-23-25/h1-8,11-12H,9-10H2,(H,21,27)/t12-/m1/s1. The van der Waals surface area contributed by atoms with Crippen molar-refractivity contribution in [2.24, 2.45) is 5.92 Å². The number of benzene rings is 2. The summed E-state index contributed by atoms with van der Waals surface area (Å²) in [5.41, 5.74) is 1.54. The second-order valence-corrected chi connectivity index (χ2v) is 6.15. The van der Waals surface area contributed by atoms with Gasteiger partial charge in [-0.25, -0.2) is 9.07 Å². The van der Waals surface area contributed by atoms with Crippen molar-refractivity contribution in [3.8, 4) is 5.69 Å². The van der Waals surface area contributed by atoms with Gasteiger partial charge < -0.3 is 10.2 Å². The van der Waals surface area contributed by atoms with E-state index in [9.17, 15) is 14.0 Å². The Morgan fingerprint density at radius 1 is 1.15 bits per heavy atom. The Labute approximate surface area is 153 Å². The zero-order valence-electron chi connectivity index (χ0n) is 14.1. The molecule has 1 N–H and O–H groups in total. The normalized spacial score (nSPS) is 16.6. The highest BCUT2D eigenvalue weighted by Crippen LogP contribution is 2.28.